The second-order valence-electron chi connectivity index (χ2n) is 3.90. The van der Waals surface area contributed by atoms with Gasteiger partial charge in [0.25, 0.3) is 0 Å². The minimum Gasteiger partial charge on any atom is -0.375 e. The second kappa shape index (κ2) is 1.96. The van der Waals surface area contributed by atoms with Crippen molar-refractivity contribution in [2.24, 2.45) is 0 Å². The lowest BCUT2D eigenvalue weighted by atomic mass is 10.2. The normalized spacial score (nSPS) is 23.6. The predicted octanol–water partition coefficient (Wildman–Crippen LogP) is 2.14. The summed E-state index contributed by atoms with van der Waals surface area (Å²) in [6.07, 6.45) is 2.68. The zero-order valence-corrected chi connectivity index (χ0v) is 7.95. The van der Waals surface area contributed by atoms with E-state index in [1.165, 1.54) is 30.1 Å². The standard InChI is InChI=1S/C9H12N2S/c1-11-6-9(3-4-9)10-7-2-5-12-8(7)11/h2,5,10H,3-4,6H2,1H3. The minimum absolute atomic E-state index is 0.447. The number of hydrogen-bond donors (Lipinski definition) is 1. The summed E-state index contributed by atoms with van der Waals surface area (Å²) in [7, 11) is 2.19. The van der Waals surface area contributed by atoms with E-state index >= 15 is 0 Å². The average molecular weight is 180 g/mol. The first-order valence-electron chi connectivity index (χ1n) is 4.36. The van der Waals surface area contributed by atoms with Crippen molar-refractivity contribution < 1.29 is 0 Å². The van der Waals surface area contributed by atoms with Crippen LogP contribution in [0.2, 0.25) is 0 Å². The summed E-state index contributed by atoms with van der Waals surface area (Å²) in [6.45, 7) is 1.18. The van der Waals surface area contributed by atoms with E-state index in [-0.39, 0.29) is 0 Å². The molecule has 1 N–H and O–H groups in total. The van der Waals surface area contributed by atoms with Gasteiger partial charge in [-0.25, -0.2) is 0 Å². The highest BCUT2D eigenvalue weighted by Gasteiger charge is 2.46. The van der Waals surface area contributed by atoms with Crippen LogP contribution in [0.3, 0.4) is 0 Å². The highest BCUT2D eigenvalue weighted by atomic mass is 32.1. The molecule has 2 aliphatic rings. The number of thiophene rings is 1. The van der Waals surface area contributed by atoms with E-state index in [0.29, 0.717) is 5.54 Å². The van der Waals surface area contributed by atoms with Crippen LogP contribution >= 0.6 is 11.3 Å². The molecule has 1 fully saturated rings. The summed E-state index contributed by atoms with van der Waals surface area (Å²) in [4.78, 5) is 2.38. The summed E-state index contributed by atoms with van der Waals surface area (Å²) >= 11 is 1.83. The Kier molecular flexibility index (Phi) is 1.11. The molecule has 0 radical (unpaired) electrons. The van der Waals surface area contributed by atoms with Crippen LogP contribution in [0.4, 0.5) is 10.7 Å². The van der Waals surface area contributed by atoms with Crippen molar-refractivity contribution in [1.29, 1.82) is 0 Å². The van der Waals surface area contributed by atoms with Crippen LogP contribution in [-0.4, -0.2) is 19.1 Å². The van der Waals surface area contributed by atoms with Crippen molar-refractivity contribution in [3.63, 3.8) is 0 Å². The van der Waals surface area contributed by atoms with Crippen molar-refractivity contribution in [1.82, 2.24) is 0 Å². The number of likely N-dealkylation sites (N-methyl/N-ethyl adjacent to an activating group) is 1. The number of nitrogens with one attached hydrogen (secondary N) is 1. The van der Waals surface area contributed by atoms with Crippen LogP contribution in [0.1, 0.15) is 12.8 Å². The molecular weight excluding hydrogens is 168 g/mol. The molecule has 1 saturated carbocycles. The number of fused-ring (bicyclic) bond motifs is 1. The third kappa shape index (κ3) is 0.800. The summed E-state index contributed by atoms with van der Waals surface area (Å²) in [5, 5.41) is 7.18. The summed E-state index contributed by atoms with van der Waals surface area (Å²) in [5.41, 5.74) is 1.79. The molecule has 3 rings (SSSR count). The zero-order chi connectivity index (χ0) is 8.18. The first-order chi connectivity index (χ1) is 5.79. The van der Waals surface area contributed by atoms with E-state index in [1.54, 1.807) is 0 Å². The summed E-state index contributed by atoms with van der Waals surface area (Å²) in [6, 6.07) is 2.19. The number of nitrogens with zero attached hydrogens (tertiary/aromatic N) is 1. The number of rotatable bonds is 0. The molecule has 1 spiro atoms. The molecule has 0 unspecified atom stereocenters. The van der Waals surface area contributed by atoms with Crippen LogP contribution in [0, 0.1) is 0 Å². The lowest BCUT2D eigenvalue weighted by Crippen LogP contribution is -2.40. The molecule has 3 heteroatoms. The predicted molar refractivity (Wildman–Crippen MR) is 53.2 cm³/mol. The highest BCUT2D eigenvalue weighted by molar-refractivity contribution is 7.15. The van der Waals surface area contributed by atoms with Crippen molar-refractivity contribution in [3.8, 4) is 0 Å². The maximum Gasteiger partial charge on any atom is 0.114 e. The van der Waals surface area contributed by atoms with E-state index in [2.05, 4.69) is 28.7 Å². The van der Waals surface area contributed by atoms with Crippen LogP contribution in [0.5, 0.6) is 0 Å². The van der Waals surface area contributed by atoms with E-state index in [9.17, 15) is 0 Å². The van der Waals surface area contributed by atoms with Gasteiger partial charge < -0.3 is 10.2 Å². The molecule has 0 bridgehead atoms. The van der Waals surface area contributed by atoms with Crippen molar-refractivity contribution in [2.45, 2.75) is 18.4 Å². The Bertz CT molecular complexity index is 314. The molecule has 1 aliphatic carbocycles. The Hall–Kier alpha value is -0.700. The van der Waals surface area contributed by atoms with Gasteiger partial charge in [-0.3, -0.25) is 0 Å². The summed E-state index contributed by atoms with van der Waals surface area (Å²) < 4.78 is 0. The maximum atomic E-state index is 3.63. The number of anilines is 2. The van der Waals surface area contributed by atoms with Crippen molar-refractivity contribution in [3.05, 3.63) is 11.4 Å². The second-order valence-corrected chi connectivity index (χ2v) is 4.80. The maximum absolute atomic E-state index is 3.63. The Balaban J connectivity index is 2.04. The first-order valence-corrected chi connectivity index (χ1v) is 5.24. The Labute approximate surface area is 76.2 Å². The molecule has 1 aromatic rings. The third-order valence-electron chi connectivity index (χ3n) is 2.78. The highest BCUT2D eigenvalue weighted by Crippen LogP contribution is 2.47. The Morgan fingerprint density at radius 3 is 3.17 bits per heavy atom. The van der Waals surface area contributed by atoms with Crippen LogP contribution in [0.25, 0.3) is 0 Å². The fourth-order valence-corrected chi connectivity index (χ4v) is 2.80. The third-order valence-corrected chi connectivity index (χ3v) is 3.81. The largest absolute Gasteiger partial charge is 0.375 e. The number of hydrogen-bond acceptors (Lipinski definition) is 3. The molecule has 1 aliphatic heterocycles. The monoisotopic (exact) mass is 180 g/mol. The SMILES string of the molecule is CN1CC2(CC2)Nc2ccsc21. The van der Waals surface area contributed by atoms with E-state index in [0.717, 1.165) is 0 Å². The lowest BCUT2D eigenvalue weighted by Gasteiger charge is -2.32. The molecule has 1 aromatic heterocycles. The Morgan fingerprint density at radius 2 is 2.42 bits per heavy atom. The van der Waals surface area contributed by atoms with Gasteiger partial charge in [0.2, 0.25) is 0 Å². The van der Waals surface area contributed by atoms with Gasteiger partial charge in [-0.2, -0.15) is 0 Å². The molecule has 0 saturated heterocycles. The molecule has 0 amide bonds. The van der Waals surface area contributed by atoms with Crippen molar-refractivity contribution in [2.75, 3.05) is 23.8 Å². The van der Waals surface area contributed by atoms with Gasteiger partial charge in [-0.1, -0.05) is 0 Å². The minimum atomic E-state index is 0.447. The van der Waals surface area contributed by atoms with Crippen LogP contribution in [0.15, 0.2) is 11.4 Å². The van der Waals surface area contributed by atoms with Gasteiger partial charge in [0.05, 0.1) is 11.2 Å². The molecular formula is C9H12N2S. The molecule has 2 heterocycles. The molecule has 0 aromatic carbocycles. The van der Waals surface area contributed by atoms with E-state index in [1.807, 2.05) is 11.3 Å². The first kappa shape index (κ1) is 6.78. The van der Waals surface area contributed by atoms with Crippen LogP contribution in [-0.2, 0) is 0 Å². The molecule has 0 atom stereocenters. The Morgan fingerprint density at radius 1 is 1.58 bits per heavy atom. The lowest BCUT2D eigenvalue weighted by molar-refractivity contribution is 0.691. The van der Waals surface area contributed by atoms with Gasteiger partial charge in [-0.15, -0.1) is 11.3 Å². The van der Waals surface area contributed by atoms with Crippen molar-refractivity contribution >= 4 is 22.0 Å². The van der Waals surface area contributed by atoms with E-state index in [4.69, 9.17) is 0 Å². The van der Waals surface area contributed by atoms with Gasteiger partial charge in [0.1, 0.15) is 5.00 Å². The fourth-order valence-electron chi connectivity index (χ4n) is 1.98. The quantitative estimate of drug-likeness (QED) is 0.658. The summed E-state index contributed by atoms with van der Waals surface area (Å²) in [5.74, 6) is 0. The van der Waals surface area contributed by atoms with E-state index < -0.39 is 0 Å². The topological polar surface area (TPSA) is 15.3 Å². The fraction of sp³-hybridized carbons (Fsp3) is 0.556. The van der Waals surface area contributed by atoms with Gasteiger partial charge >= 0.3 is 0 Å². The van der Waals surface area contributed by atoms with Gasteiger partial charge in [0.15, 0.2) is 0 Å². The zero-order valence-electron chi connectivity index (χ0n) is 7.13. The van der Waals surface area contributed by atoms with Gasteiger partial charge in [0, 0.05) is 13.6 Å². The molecule has 2 nitrogen and oxygen atoms in total. The molecule has 64 valence electrons. The average Bonchev–Trinajstić information content (AvgIpc) is 2.63. The van der Waals surface area contributed by atoms with Crippen LogP contribution < -0.4 is 10.2 Å². The van der Waals surface area contributed by atoms with Gasteiger partial charge in [-0.05, 0) is 24.3 Å². The molecule has 12 heavy (non-hydrogen) atoms. The smallest absolute Gasteiger partial charge is 0.114 e.